The lowest BCUT2D eigenvalue weighted by Gasteiger charge is -2.21. The summed E-state index contributed by atoms with van der Waals surface area (Å²) in [4.78, 5) is 11.7. The van der Waals surface area contributed by atoms with Crippen molar-refractivity contribution >= 4 is 5.78 Å². The Kier molecular flexibility index (Phi) is 5.36. The van der Waals surface area contributed by atoms with E-state index in [9.17, 15) is 4.79 Å². The van der Waals surface area contributed by atoms with Gasteiger partial charge in [-0.05, 0) is 11.0 Å². The van der Waals surface area contributed by atoms with E-state index in [0.29, 0.717) is 18.7 Å². The summed E-state index contributed by atoms with van der Waals surface area (Å²) in [6.07, 6.45) is 1.70. The predicted molar refractivity (Wildman–Crippen MR) is 71.8 cm³/mol. The minimum Gasteiger partial charge on any atom is -0.306 e. The molecule has 1 aromatic carbocycles. The topological polar surface area (TPSA) is 29.1 Å². The maximum atomic E-state index is 11.7. The molecule has 1 aromatic rings. The van der Waals surface area contributed by atoms with E-state index < -0.39 is 0 Å². The molecular weight excluding hydrogens is 210 g/mol. The fourth-order valence-electron chi connectivity index (χ4n) is 1.66. The average molecular weight is 233 g/mol. The van der Waals surface area contributed by atoms with E-state index in [1.54, 1.807) is 0 Å². The summed E-state index contributed by atoms with van der Waals surface area (Å²) in [5, 5.41) is 3.20. The fraction of sp³-hybridized carbons (Fsp3) is 0.533. The highest BCUT2D eigenvalue weighted by Crippen LogP contribution is 2.24. The smallest absolute Gasteiger partial charge is 0.147 e. The van der Waals surface area contributed by atoms with Gasteiger partial charge in [-0.2, -0.15) is 0 Å². The van der Waals surface area contributed by atoms with Crippen LogP contribution >= 0.6 is 0 Å². The van der Waals surface area contributed by atoms with Crippen LogP contribution in [0.15, 0.2) is 30.3 Å². The Morgan fingerprint density at radius 1 is 1.24 bits per heavy atom. The Morgan fingerprint density at radius 2 is 1.88 bits per heavy atom. The van der Waals surface area contributed by atoms with E-state index in [1.807, 2.05) is 18.2 Å². The van der Waals surface area contributed by atoms with E-state index >= 15 is 0 Å². The molecule has 0 unspecified atom stereocenters. The molecular formula is C15H23NO. The van der Waals surface area contributed by atoms with Crippen LogP contribution in [0.2, 0.25) is 0 Å². The molecule has 0 aliphatic heterocycles. The summed E-state index contributed by atoms with van der Waals surface area (Å²) >= 11 is 0. The van der Waals surface area contributed by atoms with Crippen LogP contribution in [0.5, 0.6) is 0 Å². The quantitative estimate of drug-likeness (QED) is 0.783. The molecule has 0 radical (unpaired) electrons. The second-order valence-corrected chi connectivity index (χ2v) is 5.32. The predicted octanol–water partition coefficient (Wildman–Crippen LogP) is 3.17. The standard InChI is InChI=1S/C15H23NO/c1-4-15(2,3)10-14(17)12-16-11-13-8-6-5-7-9-13/h5-9,16H,4,10-12H2,1-3H3. The van der Waals surface area contributed by atoms with Gasteiger partial charge in [-0.15, -0.1) is 0 Å². The number of benzene rings is 1. The maximum Gasteiger partial charge on any atom is 0.147 e. The number of nitrogens with one attached hydrogen (secondary N) is 1. The molecule has 1 N–H and O–H groups in total. The number of Topliss-reactive ketones (excluding diaryl/α,β-unsaturated/α-hetero) is 1. The lowest BCUT2D eigenvalue weighted by molar-refractivity contribution is -0.120. The maximum absolute atomic E-state index is 11.7. The van der Waals surface area contributed by atoms with Gasteiger partial charge in [0.2, 0.25) is 0 Å². The van der Waals surface area contributed by atoms with Crippen LogP contribution in [0.1, 0.15) is 39.2 Å². The van der Waals surface area contributed by atoms with E-state index in [0.717, 1.165) is 13.0 Å². The summed E-state index contributed by atoms with van der Waals surface area (Å²) in [5.74, 6) is 0.299. The van der Waals surface area contributed by atoms with Gasteiger partial charge < -0.3 is 5.32 Å². The molecule has 17 heavy (non-hydrogen) atoms. The zero-order valence-corrected chi connectivity index (χ0v) is 11.1. The Morgan fingerprint density at radius 3 is 2.47 bits per heavy atom. The van der Waals surface area contributed by atoms with Gasteiger partial charge in [-0.3, -0.25) is 4.79 Å². The first-order valence-electron chi connectivity index (χ1n) is 6.30. The van der Waals surface area contributed by atoms with Crippen molar-refractivity contribution in [2.24, 2.45) is 5.41 Å². The van der Waals surface area contributed by atoms with Crippen LogP contribution < -0.4 is 5.32 Å². The first-order valence-corrected chi connectivity index (χ1v) is 6.30. The number of rotatable bonds is 7. The molecule has 0 bridgehead atoms. The molecule has 0 aromatic heterocycles. The molecule has 2 heteroatoms. The zero-order chi connectivity index (χ0) is 12.7. The van der Waals surface area contributed by atoms with Crippen molar-refractivity contribution in [1.82, 2.24) is 5.32 Å². The van der Waals surface area contributed by atoms with Gasteiger partial charge in [-0.1, -0.05) is 57.5 Å². The van der Waals surface area contributed by atoms with Gasteiger partial charge in [-0.25, -0.2) is 0 Å². The van der Waals surface area contributed by atoms with E-state index in [-0.39, 0.29) is 5.41 Å². The Bertz CT molecular complexity index is 343. The normalized spacial score (nSPS) is 11.5. The van der Waals surface area contributed by atoms with Crippen molar-refractivity contribution in [2.75, 3.05) is 6.54 Å². The van der Waals surface area contributed by atoms with Crippen molar-refractivity contribution < 1.29 is 4.79 Å². The molecule has 2 nitrogen and oxygen atoms in total. The van der Waals surface area contributed by atoms with Gasteiger partial charge in [0.25, 0.3) is 0 Å². The van der Waals surface area contributed by atoms with E-state index in [2.05, 4.69) is 38.2 Å². The van der Waals surface area contributed by atoms with Crippen LogP contribution in [-0.2, 0) is 11.3 Å². The largest absolute Gasteiger partial charge is 0.306 e. The number of hydrogen-bond acceptors (Lipinski definition) is 2. The van der Waals surface area contributed by atoms with Crippen LogP contribution in [-0.4, -0.2) is 12.3 Å². The third kappa shape index (κ3) is 5.64. The molecule has 0 atom stereocenters. The summed E-state index contributed by atoms with van der Waals surface area (Å²) in [6, 6.07) is 10.2. The zero-order valence-electron chi connectivity index (χ0n) is 11.1. The van der Waals surface area contributed by atoms with Crippen LogP contribution in [0.3, 0.4) is 0 Å². The van der Waals surface area contributed by atoms with Crippen molar-refractivity contribution in [1.29, 1.82) is 0 Å². The highest BCUT2D eigenvalue weighted by molar-refractivity contribution is 5.81. The number of carbonyl (C=O) groups is 1. The Labute approximate surface area is 104 Å². The Balaban J connectivity index is 2.25. The third-order valence-electron chi connectivity index (χ3n) is 3.13. The van der Waals surface area contributed by atoms with Crippen molar-refractivity contribution in [3.8, 4) is 0 Å². The molecule has 0 amide bonds. The van der Waals surface area contributed by atoms with Crippen molar-refractivity contribution in [3.05, 3.63) is 35.9 Å². The van der Waals surface area contributed by atoms with Crippen LogP contribution in [0, 0.1) is 5.41 Å². The first-order chi connectivity index (χ1) is 8.03. The average Bonchev–Trinajstić information content (AvgIpc) is 2.30. The second-order valence-electron chi connectivity index (χ2n) is 5.32. The number of carbonyl (C=O) groups excluding carboxylic acids is 1. The molecule has 0 heterocycles. The highest BCUT2D eigenvalue weighted by Gasteiger charge is 2.18. The number of hydrogen-bond donors (Lipinski definition) is 1. The lowest BCUT2D eigenvalue weighted by Crippen LogP contribution is -2.26. The fourth-order valence-corrected chi connectivity index (χ4v) is 1.66. The monoisotopic (exact) mass is 233 g/mol. The SMILES string of the molecule is CCC(C)(C)CC(=O)CNCc1ccccc1. The van der Waals surface area contributed by atoms with Crippen LogP contribution in [0.4, 0.5) is 0 Å². The summed E-state index contributed by atoms with van der Waals surface area (Å²) < 4.78 is 0. The molecule has 94 valence electrons. The van der Waals surface area contributed by atoms with Gasteiger partial charge in [0.15, 0.2) is 0 Å². The molecule has 0 aliphatic carbocycles. The Hall–Kier alpha value is -1.15. The summed E-state index contributed by atoms with van der Waals surface area (Å²) in [6.45, 7) is 7.65. The van der Waals surface area contributed by atoms with Crippen molar-refractivity contribution in [2.45, 2.75) is 40.2 Å². The molecule has 0 saturated heterocycles. The van der Waals surface area contributed by atoms with Gasteiger partial charge >= 0.3 is 0 Å². The summed E-state index contributed by atoms with van der Waals surface area (Å²) in [5.41, 5.74) is 1.35. The third-order valence-corrected chi connectivity index (χ3v) is 3.13. The minimum atomic E-state index is 0.130. The van der Waals surface area contributed by atoms with Gasteiger partial charge in [0.1, 0.15) is 5.78 Å². The lowest BCUT2D eigenvalue weighted by atomic mass is 9.85. The summed E-state index contributed by atoms with van der Waals surface area (Å²) in [7, 11) is 0. The first kappa shape index (κ1) is 13.9. The highest BCUT2D eigenvalue weighted by atomic mass is 16.1. The van der Waals surface area contributed by atoms with E-state index in [4.69, 9.17) is 0 Å². The second kappa shape index (κ2) is 6.55. The molecule has 0 spiro atoms. The van der Waals surface area contributed by atoms with Gasteiger partial charge in [0.05, 0.1) is 6.54 Å². The molecule has 0 saturated carbocycles. The van der Waals surface area contributed by atoms with Crippen molar-refractivity contribution in [3.63, 3.8) is 0 Å². The minimum absolute atomic E-state index is 0.130. The molecule has 0 fully saturated rings. The number of ketones is 1. The molecule has 0 aliphatic rings. The van der Waals surface area contributed by atoms with Crippen LogP contribution in [0.25, 0.3) is 0 Å². The molecule has 1 rings (SSSR count). The van der Waals surface area contributed by atoms with E-state index in [1.165, 1.54) is 5.56 Å². The van der Waals surface area contributed by atoms with Gasteiger partial charge in [0, 0.05) is 13.0 Å².